The molecule has 0 unspecified atom stereocenters. The maximum absolute atomic E-state index is 8.88. The topological polar surface area (TPSA) is 62.4 Å². The summed E-state index contributed by atoms with van der Waals surface area (Å²) in [7, 11) is 0. The van der Waals surface area contributed by atoms with E-state index in [0.29, 0.717) is 18.1 Å². The lowest BCUT2D eigenvalue weighted by atomic mass is 10.2. The molecule has 2 aromatic heterocycles. The minimum Gasteiger partial charge on any atom is -0.396 e. The fourth-order valence-corrected chi connectivity index (χ4v) is 3.62. The maximum atomic E-state index is 8.88. The largest absolute Gasteiger partial charge is 0.396 e. The molecule has 1 fully saturated rings. The van der Waals surface area contributed by atoms with Gasteiger partial charge in [0.1, 0.15) is 0 Å². The van der Waals surface area contributed by atoms with Gasteiger partial charge in [-0.3, -0.25) is 4.90 Å². The number of aliphatic hydroxyl groups excluding tert-OH is 1. The van der Waals surface area contributed by atoms with Crippen molar-refractivity contribution in [3.8, 4) is 10.8 Å². The number of likely N-dealkylation sites (tertiary alicyclic amines) is 1. The summed E-state index contributed by atoms with van der Waals surface area (Å²) in [6.45, 7) is 3.47. The predicted octanol–water partition coefficient (Wildman–Crippen LogP) is 3.13. The zero-order valence-corrected chi connectivity index (χ0v) is 14.2. The molecule has 0 saturated carbocycles. The molecular formula is C15H22ClN3O2S. The van der Waals surface area contributed by atoms with Crippen molar-refractivity contribution >= 4 is 23.7 Å². The maximum Gasteiger partial charge on any atom is 0.267 e. The van der Waals surface area contributed by atoms with Crippen molar-refractivity contribution in [3.63, 3.8) is 0 Å². The molecule has 1 aliphatic heterocycles. The summed E-state index contributed by atoms with van der Waals surface area (Å²) in [5.41, 5.74) is 0. The molecule has 0 aliphatic carbocycles. The highest BCUT2D eigenvalue weighted by molar-refractivity contribution is 7.15. The molecule has 0 aromatic carbocycles. The van der Waals surface area contributed by atoms with Gasteiger partial charge in [0.15, 0.2) is 5.82 Å². The lowest BCUT2D eigenvalue weighted by molar-refractivity contribution is 0.279. The van der Waals surface area contributed by atoms with Crippen LogP contribution in [0.4, 0.5) is 0 Å². The van der Waals surface area contributed by atoms with Crippen LogP contribution >= 0.6 is 23.7 Å². The molecule has 2 aromatic rings. The van der Waals surface area contributed by atoms with E-state index in [9.17, 15) is 0 Å². The third kappa shape index (κ3) is 4.52. The molecule has 0 amide bonds. The van der Waals surface area contributed by atoms with Crippen LogP contribution in [0, 0.1) is 0 Å². The monoisotopic (exact) mass is 343 g/mol. The highest BCUT2D eigenvalue weighted by Crippen LogP contribution is 2.28. The normalized spacial score (nSPS) is 16.2. The Morgan fingerprint density at radius 1 is 1.18 bits per heavy atom. The van der Waals surface area contributed by atoms with E-state index >= 15 is 0 Å². The molecule has 1 saturated heterocycles. The van der Waals surface area contributed by atoms with Crippen LogP contribution in [0.15, 0.2) is 16.7 Å². The zero-order valence-electron chi connectivity index (χ0n) is 12.5. The third-order valence-corrected chi connectivity index (χ3v) is 4.81. The van der Waals surface area contributed by atoms with Crippen LogP contribution in [0.1, 0.15) is 36.4 Å². The fourth-order valence-electron chi connectivity index (χ4n) is 2.65. The molecule has 1 N–H and O–H groups in total. The third-order valence-electron chi connectivity index (χ3n) is 3.75. The molecule has 122 valence electrons. The standard InChI is InChI=1S/C15H21N3O2S.ClH/c19-10-7-14-16-15(20-17-14)13-6-5-12(21-13)11-18-8-3-1-2-4-9-18;/h5-6,19H,1-4,7-11H2;1H. The molecular weight excluding hydrogens is 322 g/mol. The van der Waals surface area contributed by atoms with Crippen LogP contribution in [0.3, 0.4) is 0 Å². The van der Waals surface area contributed by atoms with Crippen molar-refractivity contribution in [2.75, 3.05) is 19.7 Å². The molecule has 3 heterocycles. The van der Waals surface area contributed by atoms with E-state index in [0.717, 1.165) is 11.4 Å². The van der Waals surface area contributed by atoms with Gasteiger partial charge in [-0.25, -0.2) is 0 Å². The summed E-state index contributed by atoms with van der Waals surface area (Å²) in [4.78, 5) is 9.19. The van der Waals surface area contributed by atoms with E-state index in [1.54, 1.807) is 11.3 Å². The van der Waals surface area contributed by atoms with E-state index in [-0.39, 0.29) is 19.0 Å². The van der Waals surface area contributed by atoms with Gasteiger partial charge in [0, 0.05) is 17.8 Å². The molecule has 0 bridgehead atoms. The van der Waals surface area contributed by atoms with Gasteiger partial charge < -0.3 is 9.63 Å². The second kappa shape index (κ2) is 8.62. The first-order valence-electron chi connectivity index (χ1n) is 7.60. The van der Waals surface area contributed by atoms with Gasteiger partial charge >= 0.3 is 0 Å². The van der Waals surface area contributed by atoms with Gasteiger partial charge in [-0.2, -0.15) is 4.98 Å². The van der Waals surface area contributed by atoms with Crippen molar-refractivity contribution in [1.82, 2.24) is 15.0 Å². The first-order chi connectivity index (χ1) is 10.3. The Hall–Kier alpha value is -0.950. The van der Waals surface area contributed by atoms with Gasteiger partial charge in [-0.15, -0.1) is 23.7 Å². The lowest BCUT2D eigenvalue weighted by Gasteiger charge is -2.18. The quantitative estimate of drug-likeness (QED) is 0.903. The summed E-state index contributed by atoms with van der Waals surface area (Å²) in [5.74, 6) is 1.13. The fraction of sp³-hybridized carbons (Fsp3) is 0.600. The number of hydrogen-bond donors (Lipinski definition) is 1. The average Bonchev–Trinajstić information content (AvgIpc) is 3.05. The van der Waals surface area contributed by atoms with Gasteiger partial charge in [0.2, 0.25) is 0 Å². The minimum absolute atomic E-state index is 0. The molecule has 0 spiro atoms. The van der Waals surface area contributed by atoms with Gasteiger partial charge in [-0.1, -0.05) is 18.0 Å². The van der Waals surface area contributed by atoms with E-state index in [2.05, 4.69) is 21.1 Å². The number of aromatic nitrogens is 2. The second-order valence-electron chi connectivity index (χ2n) is 5.45. The number of thiophene rings is 1. The molecule has 0 atom stereocenters. The Labute approximate surface area is 140 Å². The Balaban J connectivity index is 0.00000176. The highest BCUT2D eigenvalue weighted by atomic mass is 35.5. The first-order valence-corrected chi connectivity index (χ1v) is 8.41. The van der Waals surface area contributed by atoms with Crippen LogP contribution in [-0.2, 0) is 13.0 Å². The molecule has 1 aliphatic rings. The lowest BCUT2D eigenvalue weighted by Crippen LogP contribution is -2.23. The van der Waals surface area contributed by atoms with Gasteiger partial charge in [0.25, 0.3) is 5.89 Å². The van der Waals surface area contributed by atoms with E-state index in [4.69, 9.17) is 9.63 Å². The summed E-state index contributed by atoms with van der Waals surface area (Å²) >= 11 is 1.72. The van der Waals surface area contributed by atoms with E-state index in [1.165, 1.54) is 43.6 Å². The number of hydrogen-bond acceptors (Lipinski definition) is 6. The highest BCUT2D eigenvalue weighted by Gasteiger charge is 2.14. The summed E-state index contributed by atoms with van der Waals surface area (Å²) < 4.78 is 5.25. The summed E-state index contributed by atoms with van der Waals surface area (Å²) in [6.07, 6.45) is 5.79. The first kappa shape index (κ1) is 17.4. The van der Waals surface area contributed by atoms with Crippen molar-refractivity contribution < 1.29 is 9.63 Å². The zero-order chi connectivity index (χ0) is 14.5. The van der Waals surface area contributed by atoms with Crippen LogP contribution in [0.2, 0.25) is 0 Å². The Morgan fingerprint density at radius 2 is 1.95 bits per heavy atom. The molecule has 3 rings (SSSR count). The Bertz CT molecular complexity index is 565. The number of rotatable bonds is 5. The van der Waals surface area contributed by atoms with Gasteiger partial charge in [0.05, 0.1) is 11.5 Å². The van der Waals surface area contributed by atoms with Crippen molar-refractivity contribution in [2.45, 2.75) is 38.6 Å². The van der Waals surface area contributed by atoms with Crippen molar-refractivity contribution in [1.29, 1.82) is 0 Å². The summed E-state index contributed by atoms with van der Waals surface area (Å²) in [5, 5.41) is 12.8. The number of aliphatic hydroxyl groups is 1. The van der Waals surface area contributed by atoms with Crippen LogP contribution in [0.5, 0.6) is 0 Å². The van der Waals surface area contributed by atoms with Crippen molar-refractivity contribution in [3.05, 3.63) is 22.8 Å². The molecule has 5 nitrogen and oxygen atoms in total. The number of halogens is 1. The van der Waals surface area contributed by atoms with Crippen molar-refractivity contribution in [2.24, 2.45) is 0 Å². The Morgan fingerprint density at radius 3 is 2.68 bits per heavy atom. The average molecular weight is 344 g/mol. The van der Waals surface area contributed by atoms with E-state index in [1.807, 2.05) is 6.07 Å². The van der Waals surface area contributed by atoms with Crippen LogP contribution < -0.4 is 0 Å². The van der Waals surface area contributed by atoms with E-state index < -0.39 is 0 Å². The number of nitrogens with zero attached hydrogens (tertiary/aromatic N) is 3. The van der Waals surface area contributed by atoms with Gasteiger partial charge in [-0.05, 0) is 38.1 Å². The smallest absolute Gasteiger partial charge is 0.267 e. The Kier molecular flexibility index (Phi) is 6.82. The summed E-state index contributed by atoms with van der Waals surface area (Å²) in [6, 6.07) is 4.20. The predicted molar refractivity (Wildman–Crippen MR) is 89.4 cm³/mol. The SMILES string of the molecule is Cl.OCCc1noc(-c2ccc(CN3CCCCCC3)s2)n1. The molecule has 0 radical (unpaired) electrons. The minimum atomic E-state index is 0. The molecule has 22 heavy (non-hydrogen) atoms. The van der Waals surface area contributed by atoms with Crippen LogP contribution in [-0.4, -0.2) is 39.8 Å². The molecule has 7 heteroatoms. The second-order valence-corrected chi connectivity index (χ2v) is 6.61. The van der Waals surface area contributed by atoms with Crippen LogP contribution in [0.25, 0.3) is 10.8 Å².